The number of esters is 1. The van der Waals surface area contributed by atoms with Crippen LogP contribution in [0.1, 0.15) is 20.3 Å². The van der Waals surface area contributed by atoms with Crippen LogP contribution in [-0.2, 0) is 19.1 Å². The molecule has 0 aliphatic heterocycles. The van der Waals surface area contributed by atoms with Crippen molar-refractivity contribution in [1.82, 2.24) is 10.3 Å². The molecule has 2 N–H and O–H groups in total. The standard InChI is InChI=1S/C17H21N3O4S2/c1-10(2)6-14(21)18-8-15(22)19-11-4-5-12-13(7-11)26-17(20-12)25-9-16(23)24-3/h4-5,7,10H,6,8-9H2,1-3H3,(H,18,21)(H,19,22). The predicted molar refractivity (Wildman–Crippen MR) is 103 cm³/mol. The van der Waals surface area contributed by atoms with Crippen LogP contribution in [-0.4, -0.2) is 42.2 Å². The van der Waals surface area contributed by atoms with E-state index in [1.165, 1.54) is 30.2 Å². The topological polar surface area (TPSA) is 97.4 Å². The number of fused-ring (bicyclic) bond motifs is 1. The first-order valence-electron chi connectivity index (χ1n) is 8.04. The average molecular weight is 396 g/mol. The number of ether oxygens (including phenoxy) is 1. The number of amides is 2. The molecule has 9 heteroatoms. The molecule has 1 aromatic heterocycles. The van der Waals surface area contributed by atoms with Crippen molar-refractivity contribution >= 4 is 56.8 Å². The molecule has 0 radical (unpaired) electrons. The molecule has 0 spiro atoms. The third-order valence-corrected chi connectivity index (χ3v) is 5.37. The maximum absolute atomic E-state index is 12.0. The summed E-state index contributed by atoms with van der Waals surface area (Å²) < 4.78 is 6.27. The first-order chi connectivity index (χ1) is 12.4. The molecule has 2 amide bonds. The van der Waals surface area contributed by atoms with Crippen molar-refractivity contribution in [1.29, 1.82) is 0 Å². The zero-order valence-electron chi connectivity index (χ0n) is 14.8. The van der Waals surface area contributed by atoms with Gasteiger partial charge >= 0.3 is 5.97 Å². The first kappa shape index (κ1) is 20.2. The number of hydrogen-bond donors (Lipinski definition) is 2. The molecule has 0 bridgehead atoms. The molecule has 0 fully saturated rings. The van der Waals surface area contributed by atoms with Crippen LogP contribution in [0, 0.1) is 5.92 Å². The van der Waals surface area contributed by atoms with Crippen molar-refractivity contribution < 1.29 is 19.1 Å². The monoisotopic (exact) mass is 395 g/mol. The number of carbonyl (C=O) groups is 3. The van der Waals surface area contributed by atoms with E-state index in [4.69, 9.17) is 0 Å². The number of nitrogens with one attached hydrogen (secondary N) is 2. The Labute approximate surface area is 159 Å². The summed E-state index contributed by atoms with van der Waals surface area (Å²) in [6.45, 7) is 3.83. The Hall–Kier alpha value is -2.13. The Balaban J connectivity index is 1.92. The van der Waals surface area contributed by atoms with Crippen LogP contribution < -0.4 is 10.6 Å². The highest BCUT2D eigenvalue weighted by Gasteiger charge is 2.10. The van der Waals surface area contributed by atoms with Gasteiger partial charge in [-0.2, -0.15) is 0 Å². The highest BCUT2D eigenvalue weighted by atomic mass is 32.2. The summed E-state index contributed by atoms with van der Waals surface area (Å²) in [5.74, 6) is -0.276. The van der Waals surface area contributed by atoms with Gasteiger partial charge in [-0.1, -0.05) is 25.6 Å². The Morgan fingerprint density at radius 3 is 2.73 bits per heavy atom. The van der Waals surface area contributed by atoms with E-state index in [1.54, 1.807) is 12.1 Å². The molecule has 26 heavy (non-hydrogen) atoms. The molecule has 7 nitrogen and oxygen atoms in total. The second-order valence-corrected chi connectivity index (χ2v) is 8.20. The molecule has 0 saturated heterocycles. The molecule has 2 rings (SSSR count). The van der Waals surface area contributed by atoms with Gasteiger partial charge < -0.3 is 15.4 Å². The van der Waals surface area contributed by atoms with Gasteiger partial charge in [0.15, 0.2) is 4.34 Å². The normalized spacial score (nSPS) is 10.8. The third-order valence-electron chi connectivity index (χ3n) is 3.23. The minimum absolute atomic E-state index is 0.0630. The maximum atomic E-state index is 12.0. The van der Waals surface area contributed by atoms with Crippen molar-refractivity contribution in [2.24, 2.45) is 5.92 Å². The molecule has 1 aromatic carbocycles. The molecule has 0 unspecified atom stereocenters. The van der Waals surface area contributed by atoms with Crippen LogP contribution in [0.15, 0.2) is 22.5 Å². The number of anilines is 1. The maximum Gasteiger partial charge on any atom is 0.316 e. The summed E-state index contributed by atoms with van der Waals surface area (Å²) in [4.78, 5) is 39.2. The Bertz CT molecular complexity index is 804. The molecule has 0 atom stereocenters. The van der Waals surface area contributed by atoms with Gasteiger partial charge in [0.1, 0.15) is 0 Å². The molecule has 0 saturated carbocycles. The van der Waals surface area contributed by atoms with Gasteiger partial charge in [0.2, 0.25) is 11.8 Å². The minimum atomic E-state index is -0.304. The van der Waals surface area contributed by atoms with E-state index in [9.17, 15) is 14.4 Å². The van der Waals surface area contributed by atoms with E-state index >= 15 is 0 Å². The highest BCUT2D eigenvalue weighted by Crippen LogP contribution is 2.31. The summed E-state index contributed by atoms with van der Waals surface area (Å²) in [6, 6.07) is 5.38. The van der Waals surface area contributed by atoms with Crippen molar-refractivity contribution in [3.05, 3.63) is 18.2 Å². The molecular formula is C17H21N3O4S2. The fourth-order valence-electron chi connectivity index (χ4n) is 2.05. The van der Waals surface area contributed by atoms with Crippen molar-refractivity contribution in [3.8, 4) is 0 Å². The Morgan fingerprint density at radius 2 is 2.04 bits per heavy atom. The number of thioether (sulfide) groups is 1. The number of aromatic nitrogens is 1. The second kappa shape index (κ2) is 9.54. The average Bonchev–Trinajstić information content (AvgIpc) is 2.99. The minimum Gasteiger partial charge on any atom is -0.468 e. The highest BCUT2D eigenvalue weighted by molar-refractivity contribution is 8.01. The van der Waals surface area contributed by atoms with Crippen molar-refractivity contribution in [2.75, 3.05) is 24.7 Å². The van der Waals surface area contributed by atoms with E-state index in [0.717, 1.165) is 14.6 Å². The summed E-state index contributed by atoms with van der Waals surface area (Å²) in [7, 11) is 1.35. The third kappa shape index (κ3) is 6.30. The molecule has 0 aliphatic rings. The quantitative estimate of drug-likeness (QED) is 0.527. The van der Waals surface area contributed by atoms with Crippen LogP contribution in [0.3, 0.4) is 0 Å². The van der Waals surface area contributed by atoms with Crippen LogP contribution >= 0.6 is 23.1 Å². The summed E-state index contributed by atoms with van der Waals surface area (Å²) >= 11 is 2.75. The van der Waals surface area contributed by atoms with E-state index in [1.807, 2.05) is 19.9 Å². The van der Waals surface area contributed by atoms with Gasteiger partial charge in [-0.25, -0.2) is 4.98 Å². The number of methoxy groups -OCH3 is 1. The Morgan fingerprint density at radius 1 is 1.27 bits per heavy atom. The van der Waals surface area contributed by atoms with Gasteiger partial charge in [-0.3, -0.25) is 14.4 Å². The number of rotatable bonds is 8. The van der Waals surface area contributed by atoms with Crippen LogP contribution in [0.25, 0.3) is 10.2 Å². The predicted octanol–water partition coefficient (Wildman–Crippen LogP) is 2.66. The van der Waals surface area contributed by atoms with Crippen LogP contribution in [0.4, 0.5) is 5.69 Å². The van der Waals surface area contributed by atoms with Crippen LogP contribution in [0.5, 0.6) is 0 Å². The lowest BCUT2D eigenvalue weighted by atomic mass is 10.1. The van der Waals surface area contributed by atoms with Crippen molar-refractivity contribution in [2.45, 2.75) is 24.6 Å². The van der Waals surface area contributed by atoms with E-state index in [2.05, 4.69) is 20.4 Å². The fraction of sp³-hybridized carbons (Fsp3) is 0.412. The SMILES string of the molecule is COC(=O)CSc1nc2ccc(NC(=O)CNC(=O)CC(C)C)cc2s1. The van der Waals surface area contributed by atoms with Crippen molar-refractivity contribution in [3.63, 3.8) is 0 Å². The number of hydrogen-bond acceptors (Lipinski definition) is 7. The van der Waals surface area contributed by atoms with Gasteiger partial charge in [-0.05, 0) is 24.1 Å². The fourth-order valence-corrected chi connectivity index (χ4v) is 3.99. The molecule has 140 valence electrons. The number of thiazole rings is 1. The lowest BCUT2D eigenvalue weighted by Crippen LogP contribution is -2.33. The van der Waals surface area contributed by atoms with Crippen LogP contribution in [0.2, 0.25) is 0 Å². The largest absolute Gasteiger partial charge is 0.468 e. The van der Waals surface area contributed by atoms with Gasteiger partial charge in [0, 0.05) is 12.1 Å². The van der Waals surface area contributed by atoms with E-state index in [-0.39, 0.29) is 36.0 Å². The molecular weight excluding hydrogens is 374 g/mol. The summed E-state index contributed by atoms with van der Waals surface area (Å²) in [5.41, 5.74) is 1.43. The number of benzene rings is 1. The number of nitrogens with zero attached hydrogens (tertiary/aromatic N) is 1. The van der Waals surface area contributed by atoms with Gasteiger partial charge in [-0.15, -0.1) is 11.3 Å². The van der Waals surface area contributed by atoms with E-state index < -0.39 is 0 Å². The Kier molecular flexibility index (Phi) is 7.40. The second-order valence-electron chi connectivity index (χ2n) is 5.95. The smallest absolute Gasteiger partial charge is 0.316 e. The zero-order chi connectivity index (χ0) is 19.1. The van der Waals surface area contributed by atoms with Gasteiger partial charge in [0.05, 0.1) is 29.6 Å². The number of carbonyl (C=O) groups excluding carboxylic acids is 3. The molecule has 0 aliphatic carbocycles. The zero-order valence-corrected chi connectivity index (χ0v) is 16.5. The van der Waals surface area contributed by atoms with E-state index in [0.29, 0.717) is 12.1 Å². The lowest BCUT2D eigenvalue weighted by molar-refractivity contribution is -0.137. The summed E-state index contributed by atoms with van der Waals surface area (Å²) in [6.07, 6.45) is 0.395. The lowest BCUT2D eigenvalue weighted by Gasteiger charge is -2.08. The first-order valence-corrected chi connectivity index (χ1v) is 9.84. The molecule has 1 heterocycles. The molecule has 2 aromatic rings. The van der Waals surface area contributed by atoms with Gasteiger partial charge in [0.25, 0.3) is 0 Å². The summed E-state index contributed by atoms with van der Waals surface area (Å²) in [5, 5.41) is 5.36.